The molecule has 1 fully saturated rings. The molecule has 5 nitrogen and oxygen atoms in total. The van der Waals surface area contributed by atoms with E-state index in [2.05, 4.69) is 40.3 Å². The first kappa shape index (κ1) is 22.0. The maximum Gasteiger partial charge on any atom is 0.193 e. The van der Waals surface area contributed by atoms with E-state index in [0.717, 1.165) is 30.7 Å². The maximum atomic E-state index is 5.44. The Labute approximate surface area is 169 Å². The minimum absolute atomic E-state index is 0. The first-order valence-corrected chi connectivity index (χ1v) is 8.86. The molecule has 1 aromatic rings. The molecular formula is C19H33IN4O. The van der Waals surface area contributed by atoms with Gasteiger partial charge in [0.1, 0.15) is 5.75 Å². The molecule has 0 amide bonds. The number of benzene rings is 1. The van der Waals surface area contributed by atoms with Crippen molar-refractivity contribution in [3.63, 3.8) is 0 Å². The van der Waals surface area contributed by atoms with E-state index in [4.69, 9.17) is 4.74 Å². The van der Waals surface area contributed by atoms with Gasteiger partial charge in [0.05, 0.1) is 7.11 Å². The zero-order chi connectivity index (χ0) is 17.4. The van der Waals surface area contributed by atoms with Crippen LogP contribution in [0.5, 0.6) is 5.75 Å². The van der Waals surface area contributed by atoms with E-state index in [1.807, 2.05) is 25.2 Å². The van der Waals surface area contributed by atoms with E-state index >= 15 is 0 Å². The molecule has 0 aliphatic carbocycles. The average molecular weight is 460 g/mol. The highest BCUT2D eigenvalue weighted by Crippen LogP contribution is 2.20. The Morgan fingerprint density at radius 2 is 2.00 bits per heavy atom. The van der Waals surface area contributed by atoms with Gasteiger partial charge in [0, 0.05) is 32.7 Å². The van der Waals surface area contributed by atoms with Gasteiger partial charge < -0.3 is 19.9 Å². The van der Waals surface area contributed by atoms with Crippen molar-refractivity contribution in [1.29, 1.82) is 0 Å². The summed E-state index contributed by atoms with van der Waals surface area (Å²) in [4.78, 5) is 8.98. The van der Waals surface area contributed by atoms with Crippen LogP contribution in [0.2, 0.25) is 0 Å². The number of likely N-dealkylation sites (tertiary alicyclic amines) is 1. The van der Waals surface area contributed by atoms with Gasteiger partial charge in [-0.3, -0.25) is 4.99 Å². The van der Waals surface area contributed by atoms with E-state index in [9.17, 15) is 0 Å². The number of ether oxygens (including phenoxy) is 1. The molecular weight excluding hydrogens is 427 g/mol. The van der Waals surface area contributed by atoms with Crippen molar-refractivity contribution < 1.29 is 4.74 Å². The van der Waals surface area contributed by atoms with Crippen LogP contribution < -0.4 is 10.1 Å². The third kappa shape index (κ3) is 7.01. The number of para-hydroxylation sites is 1. The standard InChI is InChI=1S/C19H32N4O.HI/c1-20-19(21-12-9-16-10-13-22(2)14-11-16)23(3)15-17-7-5-6-8-18(17)24-4;/h5-8,16H,9-15H2,1-4H3,(H,20,21);1H. The molecule has 2 rings (SSSR count). The first-order valence-electron chi connectivity index (χ1n) is 8.86. The summed E-state index contributed by atoms with van der Waals surface area (Å²) in [5.41, 5.74) is 1.17. The predicted molar refractivity (Wildman–Crippen MR) is 116 cm³/mol. The summed E-state index contributed by atoms with van der Waals surface area (Å²) < 4.78 is 5.44. The molecule has 6 heteroatoms. The van der Waals surface area contributed by atoms with Crippen LogP contribution in [0.15, 0.2) is 29.3 Å². The molecule has 25 heavy (non-hydrogen) atoms. The van der Waals surface area contributed by atoms with E-state index in [0.29, 0.717) is 0 Å². The van der Waals surface area contributed by atoms with Crippen LogP contribution >= 0.6 is 24.0 Å². The third-order valence-corrected chi connectivity index (χ3v) is 4.85. The minimum Gasteiger partial charge on any atom is -0.496 e. The fraction of sp³-hybridized carbons (Fsp3) is 0.632. The van der Waals surface area contributed by atoms with Crippen molar-refractivity contribution in [2.45, 2.75) is 25.8 Å². The van der Waals surface area contributed by atoms with Crippen LogP contribution in [-0.2, 0) is 6.54 Å². The summed E-state index contributed by atoms with van der Waals surface area (Å²) in [5.74, 6) is 2.70. The van der Waals surface area contributed by atoms with Crippen LogP contribution in [0.1, 0.15) is 24.8 Å². The molecule has 0 saturated carbocycles. The quantitative estimate of drug-likeness (QED) is 0.403. The molecule has 0 radical (unpaired) electrons. The van der Waals surface area contributed by atoms with Gasteiger partial charge in [-0.25, -0.2) is 0 Å². The number of guanidine groups is 1. The Hall–Kier alpha value is -1.02. The number of hydrogen-bond donors (Lipinski definition) is 1. The summed E-state index contributed by atoms with van der Waals surface area (Å²) in [6.45, 7) is 4.22. The lowest BCUT2D eigenvalue weighted by molar-refractivity contribution is 0.212. The lowest BCUT2D eigenvalue weighted by atomic mass is 9.94. The lowest BCUT2D eigenvalue weighted by Gasteiger charge is -2.29. The second kappa shape index (κ2) is 11.6. The Kier molecular flexibility index (Phi) is 10.2. The minimum atomic E-state index is 0. The highest BCUT2D eigenvalue weighted by Gasteiger charge is 2.16. The molecule has 0 aromatic heterocycles. The summed E-state index contributed by atoms with van der Waals surface area (Å²) in [5, 5.41) is 3.51. The fourth-order valence-electron chi connectivity index (χ4n) is 3.29. The van der Waals surface area contributed by atoms with E-state index < -0.39 is 0 Å². The molecule has 1 saturated heterocycles. The Morgan fingerprint density at radius 3 is 2.64 bits per heavy atom. The number of rotatable bonds is 6. The van der Waals surface area contributed by atoms with E-state index in [1.165, 1.54) is 37.9 Å². The smallest absolute Gasteiger partial charge is 0.193 e. The second-order valence-electron chi connectivity index (χ2n) is 6.68. The molecule has 0 bridgehead atoms. The Balaban J connectivity index is 0.00000312. The maximum absolute atomic E-state index is 5.44. The van der Waals surface area contributed by atoms with Crippen LogP contribution in [0.25, 0.3) is 0 Å². The zero-order valence-corrected chi connectivity index (χ0v) is 18.3. The monoisotopic (exact) mass is 460 g/mol. The SMILES string of the molecule is CN=C(NCCC1CCN(C)CC1)N(C)Cc1ccccc1OC.I. The molecule has 0 unspecified atom stereocenters. The van der Waals surface area contributed by atoms with Crippen LogP contribution in [-0.4, -0.2) is 63.6 Å². The van der Waals surface area contributed by atoms with Crippen LogP contribution in [0, 0.1) is 5.92 Å². The Bertz CT molecular complexity index is 530. The van der Waals surface area contributed by atoms with Gasteiger partial charge in [0.25, 0.3) is 0 Å². The number of nitrogens with one attached hydrogen (secondary N) is 1. The third-order valence-electron chi connectivity index (χ3n) is 4.85. The highest BCUT2D eigenvalue weighted by atomic mass is 127. The van der Waals surface area contributed by atoms with Gasteiger partial charge in [-0.15, -0.1) is 24.0 Å². The van der Waals surface area contributed by atoms with Gasteiger partial charge >= 0.3 is 0 Å². The van der Waals surface area contributed by atoms with E-state index in [-0.39, 0.29) is 24.0 Å². The summed E-state index contributed by atoms with van der Waals surface area (Å²) >= 11 is 0. The highest BCUT2D eigenvalue weighted by molar-refractivity contribution is 14.0. The molecule has 1 aliphatic heterocycles. The summed E-state index contributed by atoms with van der Waals surface area (Å²) in [6.07, 6.45) is 3.84. The second-order valence-corrected chi connectivity index (χ2v) is 6.68. The molecule has 1 aromatic carbocycles. The zero-order valence-electron chi connectivity index (χ0n) is 16.0. The van der Waals surface area contributed by atoms with Crippen molar-refractivity contribution in [2.75, 3.05) is 47.9 Å². The Morgan fingerprint density at radius 1 is 1.32 bits per heavy atom. The molecule has 1 heterocycles. The summed E-state index contributed by atoms with van der Waals surface area (Å²) in [7, 11) is 7.84. The number of methoxy groups -OCH3 is 1. The number of nitrogens with zero attached hydrogens (tertiary/aromatic N) is 3. The topological polar surface area (TPSA) is 40.1 Å². The molecule has 0 atom stereocenters. The van der Waals surface area contributed by atoms with Crippen molar-refractivity contribution >= 4 is 29.9 Å². The normalized spacial score (nSPS) is 16.2. The lowest BCUT2D eigenvalue weighted by Crippen LogP contribution is -2.40. The largest absolute Gasteiger partial charge is 0.496 e. The van der Waals surface area contributed by atoms with Crippen molar-refractivity contribution in [1.82, 2.24) is 15.1 Å². The van der Waals surface area contributed by atoms with Crippen molar-refractivity contribution in [3.8, 4) is 5.75 Å². The summed E-state index contributed by atoms with van der Waals surface area (Å²) in [6, 6.07) is 8.14. The molecule has 0 spiro atoms. The number of aliphatic imine (C=N–C) groups is 1. The number of hydrogen-bond acceptors (Lipinski definition) is 3. The number of halogens is 1. The molecule has 1 N–H and O–H groups in total. The average Bonchev–Trinajstić information content (AvgIpc) is 2.60. The van der Waals surface area contributed by atoms with Gasteiger partial charge in [-0.2, -0.15) is 0 Å². The van der Waals surface area contributed by atoms with Crippen molar-refractivity contribution in [2.24, 2.45) is 10.9 Å². The van der Waals surface area contributed by atoms with Crippen LogP contribution in [0.3, 0.4) is 0 Å². The van der Waals surface area contributed by atoms with E-state index in [1.54, 1.807) is 7.11 Å². The number of piperidine rings is 1. The van der Waals surface area contributed by atoms with Gasteiger partial charge in [-0.1, -0.05) is 18.2 Å². The van der Waals surface area contributed by atoms with Crippen LogP contribution in [0.4, 0.5) is 0 Å². The molecule has 1 aliphatic rings. The fourth-order valence-corrected chi connectivity index (χ4v) is 3.29. The van der Waals surface area contributed by atoms with Crippen molar-refractivity contribution in [3.05, 3.63) is 29.8 Å². The molecule has 142 valence electrons. The predicted octanol–water partition coefficient (Wildman–Crippen LogP) is 3.05. The first-order chi connectivity index (χ1) is 11.6. The van der Waals surface area contributed by atoms with Gasteiger partial charge in [0.15, 0.2) is 5.96 Å². The van der Waals surface area contributed by atoms with Gasteiger partial charge in [0.2, 0.25) is 0 Å². The van der Waals surface area contributed by atoms with Gasteiger partial charge in [-0.05, 0) is 51.4 Å².